The molecular formula is C16H15N5O3S. The predicted molar refractivity (Wildman–Crippen MR) is 95.4 cm³/mol. The Balaban J connectivity index is 2.08. The maximum Gasteiger partial charge on any atom is 0.325 e. The smallest absolute Gasteiger partial charge is 0.325 e. The average molecular weight is 357 g/mol. The van der Waals surface area contributed by atoms with Gasteiger partial charge in [0.05, 0.1) is 5.52 Å². The van der Waals surface area contributed by atoms with Crippen LogP contribution in [0.15, 0.2) is 46.5 Å². The molecule has 0 radical (unpaired) electrons. The van der Waals surface area contributed by atoms with Crippen molar-refractivity contribution in [3.8, 4) is 0 Å². The van der Waals surface area contributed by atoms with Crippen molar-refractivity contribution < 1.29 is 9.35 Å². The second-order valence-corrected chi connectivity index (χ2v) is 6.78. The number of anilines is 2. The number of aromatic nitrogens is 3. The van der Waals surface area contributed by atoms with E-state index in [2.05, 4.69) is 20.3 Å². The number of nitrogens with zero attached hydrogens (tertiary/aromatic N) is 2. The van der Waals surface area contributed by atoms with Crippen LogP contribution in [0.5, 0.6) is 0 Å². The number of aromatic amines is 1. The number of hydrogen-bond acceptors (Lipinski definition) is 6. The van der Waals surface area contributed by atoms with Gasteiger partial charge in [0.25, 0.3) is 11.5 Å². The van der Waals surface area contributed by atoms with Crippen molar-refractivity contribution >= 4 is 39.5 Å². The molecule has 0 saturated heterocycles. The summed E-state index contributed by atoms with van der Waals surface area (Å²) in [5.74, 6) is -0.677. The van der Waals surface area contributed by atoms with Crippen LogP contribution in [-0.2, 0) is 11.2 Å². The zero-order valence-corrected chi connectivity index (χ0v) is 14.1. The van der Waals surface area contributed by atoms with E-state index in [9.17, 15) is 14.1 Å². The first-order valence-electron chi connectivity index (χ1n) is 7.44. The number of primary amides is 1. The molecule has 9 heteroatoms. The molecule has 1 atom stereocenters. The van der Waals surface area contributed by atoms with Crippen molar-refractivity contribution in [1.82, 2.24) is 15.0 Å². The Morgan fingerprint density at radius 1 is 1.40 bits per heavy atom. The minimum absolute atomic E-state index is 0.0116. The molecule has 1 aromatic carbocycles. The number of hydrogen-bond donors (Lipinski definition) is 3. The van der Waals surface area contributed by atoms with Crippen LogP contribution in [0.4, 0.5) is 11.5 Å². The van der Waals surface area contributed by atoms with Gasteiger partial charge < -0.3 is 15.6 Å². The minimum atomic E-state index is -1.48. The standard InChI is InChI=1S/C16H15N5O3S/c1-2-25(24)16-20-14(12(13(17)22)15(23)21-16)19-10-5-6-11-9(8-10)4-3-7-18-11/h3-8H,2H2,1H3,(H2,17,22)(H2,19,20,21,23). The van der Waals surface area contributed by atoms with Gasteiger partial charge in [0, 0.05) is 28.4 Å². The lowest BCUT2D eigenvalue weighted by Gasteiger charge is -2.12. The second kappa shape index (κ2) is 6.91. The van der Waals surface area contributed by atoms with E-state index in [0.717, 1.165) is 10.9 Å². The van der Waals surface area contributed by atoms with Gasteiger partial charge in [-0.05, 0) is 31.2 Å². The number of rotatable bonds is 5. The molecule has 0 aliphatic carbocycles. The number of amides is 1. The zero-order valence-electron chi connectivity index (χ0n) is 13.3. The number of nitrogens with one attached hydrogen (secondary N) is 2. The first-order chi connectivity index (χ1) is 12.0. The molecule has 3 rings (SSSR count). The maximum atomic E-state index is 12.1. The van der Waals surface area contributed by atoms with Gasteiger partial charge in [-0.15, -0.1) is 0 Å². The Hall–Kier alpha value is -2.91. The third-order valence-electron chi connectivity index (χ3n) is 3.49. The molecule has 0 saturated carbocycles. The fraction of sp³-hybridized carbons (Fsp3) is 0.125. The normalized spacial score (nSPS) is 12.1. The van der Waals surface area contributed by atoms with Crippen molar-refractivity contribution in [1.29, 1.82) is 0 Å². The highest BCUT2D eigenvalue weighted by atomic mass is 32.2. The van der Waals surface area contributed by atoms with Gasteiger partial charge in [0.15, 0.2) is 5.82 Å². The Morgan fingerprint density at radius 3 is 2.92 bits per heavy atom. The van der Waals surface area contributed by atoms with Crippen LogP contribution < -0.4 is 16.6 Å². The highest BCUT2D eigenvalue weighted by Gasteiger charge is 2.21. The topological polar surface area (TPSA) is 137 Å². The minimum Gasteiger partial charge on any atom is -0.609 e. The summed E-state index contributed by atoms with van der Waals surface area (Å²) in [5.41, 5.74) is 5.64. The fourth-order valence-corrected chi connectivity index (χ4v) is 2.98. The summed E-state index contributed by atoms with van der Waals surface area (Å²) in [6.45, 7) is 1.70. The lowest BCUT2D eigenvalue weighted by Crippen LogP contribution is -2.28. The number of fused-ring (bicyclic) bond motifs is 1. The van der Waals surface area contributed by atoms with Crippen molar-refractivity contribution in [2.45, 2.75) is 12.1 Å². The molecule has 4 N–H and O–H groups in total. The molecule has 0 aliphatic rings. The third-order valence-corrected chi connectivity index (χ3v) is 4.64. The molecule has 2 heterocycles. The Kier molecular flexibility index (Phi) is 4.68. The quantitative estimate of drug-likeness (QED) is 0.465. The van der Waals surface area contributed by atoms with E-state index < -0.39 is 22.6 Å². The zero-order chi connectivity index (χ0) is 18.0. The summed E-state index contributed by atoms with van der Waals surface area (Å²) in [5, 5.41) is 3.77. The van der Waals surface area contributed by atoms with E-state index in [-0.39, 0.29) is 22.3 Å². The molecule has 1 amide bonds. The van der Waals surface area contributed by atoms with Crippen LogP contribution in [0.1, 0.15) is 17.3 Å². The Bertz CT molecular complexity index is 1000. The summed E-state index contributed by atoms with van der Waals surface area (Å²) in [4.78, 5) is 34.5. The Labute approximate surface area is 145 Å². The van der Waals surface area contributed by atoms with Gasteiger partial charge >= 0.3 is 5.16 Å². The summed E-state index contributed by atoms with van der Waals surface area (Å²) in [6, 6.07) is 9.01. The number of nitrogens with two attached hydrogens (primary N) is 1. The summed E-state index contributed by atoms with van der Waals surface area (Å²) < 4.78 is 12.0. The number of benzene rings is 1. The van der Waals surface area contributed by atoms with Gasteiger partial charge in [0.2, 0.25) is 0 Å². The first kappa shape index (κ1) is 16.9. The predicted octanol–water partition coefficient (Wildman–Crippen LogP) is 1.29. The summed E-state index contributed by atoms with van der Waals surface area (Å²) in [7, 11) is 0. The summed E-state index contributed by atoms with van der Waals surface area (Å²) >= 11 is -1.48. The molecule has 1 unspecified atom stereocenters. The van der Waals surface area contributed by atoms with Crippen LogP contribution in [-0.4, -0.2) is 31.2 Å². The number of carbonyl (C=O) groups is 1. The maximum absolute atomic E-state index is 12.1. The summed E-state index contributed by atoms with van der Waals surface area (Å²) in [6.07, 6.45) is 1.69. The van der Waals surface area contributed by atoms with Crippen LogP contribution >= 0.6 is 0 Å². The molecule has 0 spiro atoms. The molecule has 8 nitrogen and oxygen atoms in total. The monoisotopic (exact) mass is 357 g/mol. The van der Waals surface area contributed by atoms with Crippen LogP contribution in [0, 0.1) is 0 Å². The molecule has 0 bridgehead atoms. The van der Waals surface area contributed by atoms with Crippen LogP contribution in [0.3, 0.4) is 0 Å². The average Bonchev–Trinajstić information content (AvgIpc) is 2.60. The molecule has 0 fully saturated rings. The SMILES string of the molecule is CC[S+]([O-])c1nc(Nc2ccc3ncccc3c2)c(C(N)=O)c(=O)[nH]1. The fourth-order valence-electron chi connectivity index (χ4n) is 2.31. The molecular weight excluding hydrogens is 342 g/mol. The number of pyridine rings is 1. The molecule has 25 heavy (non-hydrogen) atoms. The largest absolute Gasteiger partial charge is 0.609 e. The molecule has 3 aromatic rings. The lowest BCUT2D eigenvalue weighted by atomic mass is 10.2. The van der Waals surface area contributed by atoms with Gasteiger partial charge in [-0.1, -0.05) is 6.07 Å². The van der Waals surface area contributed by atoms with E-state index in [4.69, 9.17) is 5.73 Å². The second-order valence-electron chi connectivity index (χ2n) is 5.13. The first-order valence-corrected chi connectivity index (χ1v) is 8.75. The Morgan fingerprint density at radius 2 is 2.20 bits per heavy atom. The van der Waals surface area contributed by atoms with Crippen molar-refractivity contribution in [2.24, 2.45) is 5.73 Å². The van der Waals surface area contributed by atoms with Gasteiger partial charge in [0.1, 0.15) is 11.3 Å². The highest BCUT2D eigenvalue weighted by molar-refractivity contribution is 7.91. The van der Waals surface area contributed by atoms with E-state index >= 15 is 0 Å². The lowest BCUT2D eigenvalue weighted by molar-refractivity contribution is 0.0999. The van der Waals surface area contributed by atoms with Crippen LogP contribution in [0.2, 0.25) is 0 Å². The van der Waals surface area contributed by atoms with Crippen LogP contribution in [0.25, 0.3) is 10.9 Å². The van der Waals surface area contributed by atoms with Gasteiger partial charge in [-0.3, -0.25) is 19.6 Å². The van der Waals surface area contributed by atoms with Gasteiger partial charge in [-0.2, -0.15) is 4.98 Å². The third kappa shape index (κ3) is 3.47. The number of H-pyrrole nitrogens is 1. The van der Waals surface area contributed by atoms with E-state index in [1.54, 1.807) is 37.4 Å². The highest BCUT2D eigenvalue weighted by Crippen LogP contribution is 2.22. The van der Waals surface area contributed by atoms with E-state index in [1.807, 2.05) is 6.07 Å². The number of carbonyl (C=O) groups excluding carboxylic acids is 1. The van der Waals surface area contributed by atoms with Crippen molar-refractivity contribution in [3.05, 3.63) is 52.4 Å². The van der Waals surface area contributed by atoms with Crippen molar-refractivity contribution in [3.63, 3.8) is 0 Å². The van der Waals surface area contributed by atoms with Crippen molar-refractivity contribution in [2.75, 3.05) is 11.1 Å². The molecule has 128 valence electrons. The van der Waals surface area contributed by atoms with E-state index in [0.29, 0.717) is 5.69 Å². The van der Waals surface area contributed by atoms with E-state index in [1.165, 1.54) is 0 Å². The molecule has 2 aromatic heterocycles. The molecule has 0 aliphatic heterocycles. The van der Waals surface area contributed by atoms with Gasteiger partial charge in [-0.25, -0.2) is 0 Å².